The number of amides is 1. The Kier molecular flexibility index (Phi) is 5.39. The summed E-state index contributed by atoms with van der Waals surface area (Å²) in [5.74, 6) is -1.22. The molecule has 0 bridgehead atoms. The Hall–Kier alpha value is -1.41. The molecule has 134 valence electrons. The molecule has 8 heteroatoms. The molecular formula is C16H23NO5S2. The molecule has 24 heavy (non-hydrogen) atoms. The number of aryl methyl sites for hydroxylation is 2. The minimum Gasteiger partial charge on any atom is -0.338 e. The van der Waals surface area contributed by atoms with Crippen molar-refractivity contribution in [3.63, 3.8) is 0 Å². The lowest BCUT2D eigenvalue weighted by atomic mass is 10.1. The molecule has 0 aromatic heterocycles. The Morgan fingerprint density at radius 3 is 2.42 bits per heavy atom. The van der Waals surface area contributed by atoms with Crippen molar-refractivity contribution < 1.29 is 21.6 Å². The molecule has 0 saturated carbocycles. The highest BCUT2D eigenvalue weighted by atomic mass is 32.2. The van der Waals surface area contributed by atoms with E-state index in [1.165, 1.54) is 11.0 Å². The summed E-state index contributed by atoms with van der Waals surface area (Å²) in [6.45, 7) is 5.72. The van der Waals surface area contributed by atoms with E-state index in [2.05, 4.69) is 0 Å². The van der Waals surface area contributed by atoms with Gasteiger partial charge in [-0.15, -0.1) is 0 Å². The lowest BCUT2D eigenvalue weighted by Crippen LogP contribution is -2.43. The second kappa shape index (κ2) is 6.84. The molecular weight excluding hydrogens is 350 g/mol. The molecule has 1 aromatic rings. The first-order chi connectivity index (χ1) is 11.1. The van der Waals surface area contributed by atoms with Crippen LogP contribution in [0.5, 0.6) is 0 Å². The third kappa shape index (κ3) is 4.16. The minimum absolute atomic E-state index is 0.0470. The van der Waals surface area contributed by atoms with Crippen LogP contribution in [0.4, 0.5) is 0 Å². The van der Waals surface area contributed by atoms with Gasteiger partial charge in [0, 0.05) is 12.6 Å². The highest BCUT2D eigenvalue weighted by Gasteiger charge is 2.35. The molecule has 1 aliphatic rings. The van der Waals surface area contributed by atoms with E-state index in [0.717, 1.165) is 11.1 Å². The lowest BCUT2D eigenvalue weighted by molar-refractivity contribution is -0.130. The molecule has 1 atom stereocenters. The van der Waals surface area contributed by atoms with Crippen molar-refractivity contribution in [2.75, 3.05) is 23.8 Å². The maximum Gasteiger partial charge on any atom is 0.238 e. The van der Waals surface area contributed by atoms with Gasteiger partial charge in [-0.2, -0.15) is 0 Å². The topological polar surface area (TPSA) is 88.6 Å². The SMILES string of the molecule is CCN(C(=O)CS(=O)(=O)c1ccc(C)c(C)c1)C1CCS(=O)(=O)C1. The molecule has 1 aliphatic heterocycles. The zero-order chi connectivity index (χ0) is 18.1. The fourth-order valence-corrected chi connectivity index (χ4v) is 5.92. The van der Waals surface area contributed by atoms with Gasteiger partial charge < -0.3 is 4.90 Å². The Bertz CT molecular complexity index is 843. The quantitative estimate of drug-likeness (QED) is 0.771. The lowest BCUT2D eigenvalue weighted by Gasteiger charge is -2.26. The normalized spacial score (nSPS) is 20.0. The van der Waals surface area contributed by atoms with Gasteiger partial charge in [0.2, 0.25) is 5.91 Å². The summed E-state index contributed by atoms with van der Waals surface area (Å²) in [5.41, 5.74) is 1.82. The number of rotatable bonds is 5. The van der Waals surface area contributed by atoms with Crippen LogP contribution in [0.15, 0.2) is 23.1 Å². The number of hydrogen-bond acceptors (Lipinski definition) is 5. The van der Waals surface area contributed by atoms with Crippen LogP contribution >= 0.6 is 0 Å². The molecule has 0 aliphatic carbocycles. The largest absolute Gasteiger partial charge is 0.338 e. The monoisotopic (exact) mass is 373 g/mol. The fourth-order valence-electron chi connectivity index (χ4n) is 2.90. The average Bonchev–Trinajstić information content (AvgIpc) is 2.82. The van der Waals surface area contributed by atoms with E-state index in [0.29, 0.717) is 13.0 Å². The standard InChI is InChI=1S/C16H23NO5S2/c1-4-17(14-7-8-23(19,20)10-14)16(18)11-24(21,22)15-6-5-12(2)13(3)9-15/h5-6,9,14H,4,7-8,10-11H2,1-3H3. The van der Waals surface area contributed by atoms with Gasteiger partial charge in [0.25, 0.3) is 0 Å². The van der Waals surface area contributed by atoms with Crippen molar-refractivity contribution >= 4 is 25.6 Å². The number of sulfone groups is 2. The number of nitrogens with zero attached hydrogens (tertiary/aromatic N) is 1. The number of carbonyl (C=O) groups excluding carboxylic acids is 1. The summed E-state index contributed by atoms with van der Waals surface area (Å²) in [6, 6.07) is 4.35. The first-order valence-corrected chi connectivity index (χ1v) is 11.3. The van der Waals surface area contributed by atoms with Crippen LogP contribution in [-0.4, -0.2) is 57.5 Å². The Morgan fingerprint density at radius 1 is 1.25 bits per heavy atom. The van der Waals surface area contributed by atoms with Crippen LogP contribution < -0.4 is 0 Å². The van der Waals surface area contributed by atoms with E-state index in [1.54, 1.807) is 19.1 Å². The molecule has 1 fully saturated rings. The third-order valence-electron chi connectivity index (χ3n) is 4.46. The predicted octanol–water partition coefficient (Wildman–Crippen LogP) is 1.11. The zero-order valence-corrected chi connectivity index (χ0v) is 15.8. The van der Waals surface area contributed by atoms with Gasteiger partial charge in [-0.3, -0.25) is 4.79 Å². The second-order valence-electron chi connectivity index (χ2n) is 6.24. The van der Waals surface area contributed by atoms with Crippen molar-refractivity contribution in [3.05, 3.63) is 29.3 Å². The van der Waals surface area contributed by atoms with Gasteiger partial charge in [0.05, 0.1) is 16.4 Å². The van der Waals surface area contributed by atoms with Gasteiger partial charge in [0.1, 0.15) is 5.75 Å². The summed E-state index contributed by atoms with van der Waals surface area (Å²) < 4.78 is 48.2. The summed E-state index contributed by atoms with van der Waals surface area (Å²) >= 11 is 0. The highest BCUT2D eigenvalue weighted by Crippen LogP contribution is 2.20. The Labute approximate surface area is 143 Å². The van der Waals surface area contributed by atoms with Crippen molar-refractivity contribution in [3.8, 4) is 0 Å². The maximum atomic E-state index is 12.5. The number of carbonyl (C=O) groups is 1. The average molecular weight is 373 g/mol. The minimum atomic E-state index is -3.75. The molecule has 1 heterocycles. The van der Waals surface area contributed by atoms with Crippen LogP contribution in [-0.2, 0) is 24.5 Å². The van der Waals surface area contributed by atoms with E-state index in [9.17, 15) is 21.6 Å². The Morgan fingerprint density at radius 2 is 1.92 bits per heavy atom. The van der Waals surface area contributed by atoms with E-state index < -0.39 is 37.4 Å². The highest BCUT2D eigenvalue weighted by molar-refractivity contribution is 7.92. The smallest absolute Gasteiger partial charge is 0.238 e. The zero-order valence-electron chi connectivity index (χ0n) is 14.1. The number of benzene rings is 1. The first-order valence-electron chi connectivity index (χ1n) is 7.85. The fraction of sp³-hybridized carbons (Fsp3) is 0.562. The van der Waals surface area contributed by atoms with Crippen LogP contribution in [0.1, 0.15) is 24.5 Å². The van der Waals surface area contributed by atoms with Gasteiger partial charge in [-0.1, -0.05) is 6.07 Å². The molecule has 1 unspecified atom stereocenters. The van der Waals surface area contributed by atoms with Crippen molar-refractivity contribution in [2.45, 2.75) is 38.1 Å². The first kappa shape index (κ1) is 18.9. The molecule has 1 amide bonds. The van der Waals surface area contributed by atoms with E-state index in [4.69, 9.17) is 0 Å². The van der Waals surface area contributed by atoms with Crippen molar-refractivity contribution in [1.29, 1.82) is 0 Å². The maximum absolute atomic E-state index is 12.5. The molecule has 0 N–H and O–H groups in total. The summed E-state index contributed by atoms with van der Waals surface area (Å²) in [5, 5.41) is 0. The molecule has 0 spiro atoms. The Balaban J connectivity index is 2.18. The van der Waals surface area contributed by atoms with Gasteiger partial charge in [0.15, 0.2) is 19.7 Å². The summed E-state index contributed by atoms with van der Waals surface area (Å²) in [7, 11) is -6.89. The van der Waals surface area contributed by atoms with Gasteiger partial charge in [-0.05, 0) is 50.5 Å². The molecule has 2 rings (SSSR count). The van der Waals surface area contributed by atoms with Gasteiger partial charge in [-0.25, -0.2) is 16.8 Å². The molecule has 0 radical (unpaired) electrons. The van der Waals surface area contributed by atoms with Crippen LogP contribution in [0.3, 0.4) is 0 Å². The van der Waals surface area contributed by atoms with E-state index in [-0.39, 0.29) is 16.4 Å². The van der Waals surface area contributed by atoms with Crippen LogP contribution in [0.25, 0.3) is 0 Å². The number of hydrogen-bond donors (Lipinski definition) is 0. The van der Waals surface area contributed by atoms with Crippen molar-refractivity contribution in [1.82, 2.24) is 4.90 Å². The van der Waals surface area contributed by atoms with Crippen LogP contribution in [0.2, 0.25) is 0 Å². The summed E-state index contributed by atoms with van der Waals surface area (Å²) in [6.07, 6.45) is 0.367. The van der Waals surface area contributed by atoms with E-state index in [1.807, 2.05) is 13.8 Å². The summed E-state index contributed by atoms with van der Waals surface area (Å²) in [4.78, 5) is 14.0. The van der Waals surface area contributed by atoms with E-state index >= 15 is 0 Å². The van der Waals surface area contributed by atoms with Crippen LogP contribution in [0, 0.1) is 13.8 Å². The molecule has 6 nitrogen and oxygen atoms in total. The van der Waals surface area contributed by atoms with Crippen molar-refractivity contribution in [2.24, 2.45) is 0 Å². The molecule has 1 aromatic carbocycles. The van der Waals surface area contributed by atoms with Gasteiger partial charge >= 0.3 is 0 Å². The second-order valence-corrected chi connectivity index (χ2v) is 10.5. The predicted molar refractivity (Wildman–Crippen MR) is 92.4 cm³/mol. The molecule has 1 saturated heterocycles. The third-order valence-corrected chi connectivity index (χ3v) is 7.81.